The zero-order valence-electron chi connectivity index (χ0n) is 16.0. The molecule has 3 rings (SSSR count). The number of hydrogen-bond donors (Lipinski definition) is 1. The number of pyridine rings is 1. The Morgan fingerprint density at radius 1 is 1.26 bits per heavy atom. The molecule has 1 atom stereocenters. The molecule has 1 unspecified atom stereocenters. The van der Waals surface area contributed by atoms with Crippen LogP contribution in [0.5, 0.6) is 0 Å². The van der Waals surface area contributed by atoms with E-state index in [4.69, 9.17) is 0 Å². The van der Waals surface area contributed by atoms with Crippen molar-refractivity contribution in [1.82, 2.24) is 9.88 Å². The average Bonchev–Trinajstić information content (AvgIpc) is 2.59. The number of aliphatic hydroxyl groups excluding tert-OH is 1. The second-order valence-corrected chi connectivity index (χ2v) is 7.93. The first-order valence-electron chi connectivity index (χ1n) is 9.13. The topological polar surface area (TPSA) is 39.6 Å². The van der Waals surface area contributed by atoms with E-state index in [2.05, 4.69) is 14.8 Å². The molecule has 148 valence electrons. The Kier molecular flexibility index (Phi) is 5.36. The van der Waals surface area contributed by atoms with Gasteiger partial charge in [-0.15, -0.1) is 0 Å². The standard InChI is InChI=1S/C20H26F3N3O/c1-14-9-18(16-6-5-15(20(21,22)23)10-17(16)24-14)26-8-4-7-19(12-26,13-27)11-25(2)3/h5-6,9-10,27H,4,7-8,11-13H2,1-3H3. The highest BCUT2D eigenvalue weighted by atomic mass is 19.4. The second-order valence-electron chi connectivity index (χ2n) is 7.93. The molecule has 27 heavy (non-hydrogen) atoms. The maximum Gasteiger partial charge on any atom is 0.416 e. The van der Waals surface area contributed by atoms with Crippen LogP contribution in [0.4, 0.5) is 18.9 Å². The summed E-state index contributed by atoms with van der Waals surface area (Å²) in [5, 5.41) is 10.8. The number of nitrogens with zero attached hydrogens (tertiary/aromatic N) is 3. The van der Waals surface area contributed by atoms with Crippen LogP contribution in [0.2, 0.25) is 0 Å². The minimum absolute atomic E-state index is 0.0852. The van der Waals surface area contributed by atoms with E-state index >= 15 is 0 Å². The van der Waals surface area contributed by atoms with E-state index in [-0.39, 0.29) is 12.0 Å². The van der Waals surface area contributed by atoms with Gasteiger partial charge in [0.25, 0.3) is 0 Å². The first-order valence-corrected chi connectivity index (χ1v) is 9.13. The van der Waals surface area contributed by atoms with Crippen LogP contribution in [0.15, 0.2) is 24.3 Å². The summed E-state index contributed by atoms with van der Waals surface area (Å²) < 4.78 is 39.2. The van der Waals surface area contributed by atoms with Crippen molar-refractivity contribution in [2.45, 2.75) is 25.9 Å². The molecular formula is C20H26F3N3O. The van der Waals surface area contributed by atoms with Crippen LogP contribution >= 0.6 is 0 Å². The van der Waals surface area contributed by atoms with Crippen LogP contribution in [-0.2, 0) is 6.18 Å². The number of halogens is 3. The van der Waals surface area contributed by atoms with E-state index in [0.29, 0.717) is 23.1 Å². The highest BCUT2D eigenvalue weighted by Gasteiger charge is 2.36. The SMILES string of the molecule is Cc1cc(N2CCCC(CO)(CN(C)C)C2)c2ccc(C(F)(F)F)cc2n1. The first kappa shape index (κ1) is 19.9. The predicted molar refractivity (Wildman–Crippen MR) is 101 cm³/mol. The smallest absolute Gasteiger partial charge is 0.396 e. The Morgan fingerprint density at radius 3 is 2.63 bits per heavy atom. The lowest BCUT2D eigenvalue weighted by atomic mass is 9.80. The Labute approximate surface area is 157 Å². The molecule has 2 aromatic rings. The van der Waals surface area contributed by atoms with Gasteiger partial charge in [-0.3, -0.25) is 4.98 Å². The van der Waals surface area contributed by atoms with Gasteiger partial charge in [-0.2, -0.15) is 13.2 Å². The van der Waals surface area contributed by atoms with Gasteiger partial charge in [0, 0.05) is 41.8 Å². The normalized spacial score (nSPS) is 21.3. The van der Waals surface area contributed by atoms with Crippen molar-refractivity contribution in [3.05, 3.63) is 35.5 Å². The Hall–Kier alpha value is -1.86. The van der Waals surface area contributed by atoms with E-state index in [1.807, 2.05) is 20.2 Å². The molecule has 0 aliphatic carbocycles. The van der Waals surface area contributed by atoms with Gasteiger partial charge in [0.2, 0.25) is 0 Å². The molecule has 4 nitrogen and oxygen atoms in total. The van der Waals surface area contributed by atoms with Crippen molar-refractivity contribution in [1.29, 1.82) is 0 Å². The van der Waals surface area contributed by atoms with Crippen molar-refractivity contribution in [3.63, 3.8) is 0 Å². The van der Waals surface area contributed by atoms with Crippen molar-refractivity contribution in [3.8, 4) is 0 Å². The lowest BCUT2D eigenvalue weighted by molar-refractivity contribution is -0.137. The third-order valence-corrected chi connectivity index (χ3v) is 5.23. The number of fused-ring (bicyclic) bond motifs is 1. The van der Waals surface area contributed by atoms with Gasteiger partial charge in [-0.1, -0.05) is 6.07 Å². The van der Waals surface area contributed by atoms with Crippen LogP contribution < -0.4 is 4.90 Å². The maximum atomic E-state index is 13.1. The summed E-state index contributed by atoms with van der Waals surface area (Å²) in [5.74, 6) is 0. The molecular weight excluding hydrogens is 355 g/mol. The molecule has 1 saturated heterocycles. The molecule has 7 heteroatoms. The monoisotopic (exact) mass is 381 g/mol. The summed E-state index contributed by atoms with van der Waals surface area (Å²) in [6.45, 7) is 4.13. The van der Waals surface area contributed by atoms with E-state index < -0.39 is 11.7 Å². The number of piperidine rings is 1. The molecule has 1 N–H and O–H groups in total. The molecule has 0 radical (unpaired) electrons. The quantitative estimate of drug-likeness (QED) is 0.877. The molecule has 0 amide bonds. The second kappa shape index (κ2) is 7.28. The van der Waals surface area contributed by atoms with Crippen LogP contribution in [0.3, 0.4) is 0 Å². The Morgan fingerprint density at radius 2 is 2.00 bits per heavy atom. The number of alkyl halides is 3. The molecule has 1 aliphatic heterocycles. The summed E-state index contributed by atoms with van der Waals surface area (Å²) in [6, 6.07) is 5.68. The highest BCUT2D eigenvalue weighted by molar-refractivity contribution is 5.92. The third-order valence-electron chi connectivity index (χ3n) is 5.23. The molecule has 1 aromatic heterocycles. The summed E-state index contributed by atoms with van der Waals surface area (Å²) in [5.41, 5.74) is 1.01. The van der Waals surface area contributed by atoms with Crippen LogP contribution in [0, 0.1) is 12.3 Å². The molecule has 2 heterocycles. The molecule has 0 bridgehead atoms. The lowest BCUT2D eigenvalue weighted by Gasteiger charge is -2.44. The average molecular weight is 381 g/mol. The van der Waals surface area contributed by atoms with Gasteiger partial charge in [0.15, 0.2) is 0 Å². The lowest BCUT2D eigenvalue weighted by Crippen LogP contribution is -2.50. The fraction of sp³-hybridized carbons (Fsp3) is 0.550. The number of hydrogen-bond acceptors (Lipinski definition) is 4. The zero-order chi connectivity index (χ0) is 19.8. The predicted octanol–water partition coefficient (Wildman–Crippen LogP) is 3.70. The molecule has 0 spiro atoms. The molecule has 1 fully saturated rings. The Balaban J connectivity index is 2.03. The van der Waals surface area contributed by atoms with Gasteiger partial charge in [-0.25, -0.2) is 0 Å². The number of rotatable bonds is 4. The third kappa shape index (κ3) is 4.19. The van der Waals surface area contributed by atoms with E-state index in [0.717, 1.165) is 43.8 Å². The summed E-state index contributed by atoms with van der Waals surface area (Å²) in [7, 11) is 3.97. The number of aliphatic hydroxyl groups is 1. The van der Waals surface area contributed by atoms with Crippen molar-refractivity contribution < 1.29 is 18.3 Å². The largest absolute Gasteiger partial charge is 0.416 e. The van der Waals surface area contributed by atoms with Crippen LogP contribution in [0.1, 0.15) is 24.1 Å². The van der Waals surface area contributed by atoms with Gasteiger partial charge >= 0.3 is 6.18 Å². The van der Waals surface area contributed by atoms with Gasteiger partial charge < -0.3 is 14.9 Å². The maximum absolute atomic E-state index is 13.1. The van der Waals surface area contributed by atoms with Crippen molar-refractivity contribution in [2.24, 2.45) is 5.41 Å². The van der Waals surface area contributed by atoms with Crippen molar-refractivity contribution in [2.75, 3.05) is 45.2 Å². The van der Waals surface area contributed by atoms with Gasteiger partial charge in [-0.05, 0) is 52.1 Å². The summed E-state index contributed by atoms with van der Waals surface area (Å²) in [4.78, 5) is 8.59. The van der Waals surface area contributed by atoms with Crippen LogP contribution in [0.25, 0.3) is 10.9 Å². The van der Waals surface area contributed by atoms with Crippen LogP contribution in [-0.4, -0.2) is 55.3 Å². The van der Waals surface area contributed by atoms with E-state index in [9.17, 15) is 18.3 Å². The fourth-order valence-electron chi connectivity index (χ4n) is 4.17. The zero-order valence-corrected chi connectivity index (χ0v) is 16.0. The number of aryl methyl sites for hydroxylation is 1. The minimum atomic E-state index is -4.39. The molecule has 1 aromatic carbocycles. The fourth-order valence-corrected chi connectivity index (χ4v) is 4.17. The van der Waals surface area contributed by atoms with Crippen molar-refractivity contribution >= 4 is 16.6 Å². The number of aromatic nitrogens is 1. The summed E-state index contributed by atoms with van der Waals surface area (Å²) >= 11 is 0. The number of anilines is 1. The van der Waals surface area contributed by atoms with Gasteiger partial charge in [0.05, 0.1) is 17.7 Å². The highest BCUT2D eigenvalue weighted by Crippen LogP contribution is 2.38. The molecule has 1 aliphatic rings. The summed E-state index contributed by atoms with van der Waals surface area (Å²) in [6.07, 6.45) is -2.53. The first-order chi connectivity index (χ1) is 12.6. The van der Waals surface area contributed by atoms with Gasteiger partial charge in [0.1, 0.15) is 0 Å². The Bertz CT molecular complexity index is 822. The van der Waals surface area contributed by atoms with E-state index in [1.165, 1.54) is 6.07 Å². The van der Waals surface area contributed by atoms with E-state index in [1.54, 1.807) is 6.92 Å². The number of benzene rings is 1. The molecule has 0 saturated carbocycles. The minimum Gasteiger partial charge on any atom is -0.396 e.